The highest BCUT2D eigenvalue weighted by molar-refractivity contribution is 5.74. The number of hydrogen-bond donors (Lipinski definition) is 1. The summed E-state index contributed by atoms with van der Waals surface area (Å²) in [5, 5.41) is 15.1. The standard InChI is InChI=1S/C19H19N3O2/c1-11-9-16(22(23)24)19-17(12(11)2)14-6-3-7-15(14)18(21-19)13-5-4-8-20-10-13/h3-6,8-10,14-15,18,21H,7H2,1-2H3/t14-,15+,18+/m1/s1. The molecule has 0 bridgehead atoms. The quantitative estimate of drug-likeness (QED) is 0.504. The molecular formula is C19H19N3O2. The van der Waals surface area contributed by atoms with Gasteiger partial charge in [-0.3, -0.25) is 15.1 Å². The number of aryl methyl sites for hydroxylation is 1. The van der Waals surface area contributed by atoms with E-state index >= 15 is 0 Å². The molecule has 122 valence electrons. The van der Waals surface area contributed by atoms with E-state index in [4.69, 9.17) is 0 Å². The van der Waals surface area contributed by atoms with Gasteiger partial charge in [0.15, 0.2) is 0 Å². The number of nitrogens with one attached hydrogen (secondary N) is 1. The number of nitro benzene ring substituents is 1. The zero-order chi connectivity index (χ0) is 16.8. The second-order valence-electron chi connectivity index (χ2n) is 6.65. The zero-order valence-electron chi connectivity index (χ0n) is 13.7. The van der Waals surface area contributed by atoms with E-state index < -0.39 is 0 Å². The minimum absolute atomic E-state index is 0.0343. The largest absolute Gasteiger partial charge is 0.372 e. The van der Waals surface area contributed by atoms with E-state index in [9.17, 15) is 10.1 Å². The number of nitro groups is 1. The molecule has 0 saturated heterocycles. The fourth-order valence-electron chi connectivity index (χ4n) is 4.11. The van der Waals surface area contributed by atoms with Gasteiger partial charge in [-0.1, -0.05) is 18.2 Å². The van der Waals surface area contributed by atoms with Gasteiger partial charge in [-0.2, -0.15) is 0 Å². The SMILES string of the molecule is Cc1cc([N+](=O)[O-])c2c(c1C)[C@@H]1C=CC[C@@H]1[C@H](c1cccnc1)N2. The van der Waals surface area contributed by atoms with Crippen LogP contribution in [0.15, 0.2) is 42.7 Å². The summed E-state index contributed by atoms with van der Waals surface area (Å²) < 4.78 is 0. The Hall–Kier alpha value is -2.69. The van der Waals surface area contributed by atoms with Gasteiger partial charge < -0.3 is 5.32 Å². The first-order valence-electron chi connectivity index (χ1n) is 8.19. The third-order valence-corrected chi connectivity index (χ3v) is 5.39. The van der Waals surface area contributed by atoms with Gasteiger partial charge in [0.2, 0.25) is 0 Å². The predicted octanol–water partition coefficient (Wildman–Crippen LogP) is 4.43. The second kappa shape index (κ2) is 5.44. The summed E-state index contributed by atoms with van der Waals surface area (Å²) in [4.78, 5) is 15.6. The van der Waals surface area contributed by atoms with Crippen molar-refractivity contribution in [3.8, 4) is 0 Å². The van der Waals surface area contributed by atoms with E-state index in [0.717, 1.165) is 28.7 Å². The number of pyridine rings is 1. The normalized spacial score (nSPS) is 24.2. The molecule has 2 heterocycles. The molecule has 1 aliphatic heterocycles. The molecule has 2 aromatic rings. The van der Waals surface area contributed by atoms with Crippen LogP contribution in [0.4, 0.5) is 11.4 Å². The van der Waals surface area contributed by atoms with Crippen molar-refractivity contribution in [1.82, 2.24) is 4.98 Å². The Kier molecular flexibility index (Phi) is 3.37. The van der Waals surface area contributed by atoms with Crippen molar-refractivity contribution in [2.75, 3.05) is 5.32 Å². The molecule has 5 nitrogen and oxygen atoms in total. The summed E-state index contributed by atoms with van der Waals surface area (Å²) in [6, 6.07) is 5.67. The average Bonchev–Trinajstić information content (AvgIpc) is 3.07. The topological polar surface area (TPSA) is 68.1 Å². The van der Waals surface area contributed by atoms with E-state index in [-0.39, 0.29) is 22.6 Å². The van der Waals surface area contributed by atoms with Crippen LogP contribution in [0.25, 0.3) is 0 Å². The third-order valence-electron chi connectivity index (χ3n) is 5.39. The lowest BCUT2D eigenvalue weighted by atomic mass is 9.75. The number of rotatable bonds is 2. The number of hydrogen-bond acceptors (Lipinski definition) is 4. The van der Waals surface area contributed by atoms with Gasteiger partial charge in [-0.15, -0.1) is 0 Å². The number of benzene rings is 1. The van der Waals surface area contributed by atoms with Crippen LogP contribution in [-0.2, 0) is 0 Å². The number of aromatic nitrogens is 1. The molecule has 3 atom stereocenters. The Morgan fingerprint density at radius 2 is 2.21 bits per heavy atom. The molecule has 1 N–H and O–H groups in total. The highest BCUT2D eigenvalue weighted by Gasteiger charge is 2.41. The van der Waals surface area contributed by atoms with Crippen LogP contribution in [0, 0.1) is 29.9 Å². The van der Waals surface area contributed by atoms with E-state index in [1.54, 1.807) is 12.3 Å². The van der Waals surface area contributed by atoms with Gasteiger partial charge in [0.05, 0.1) is 11.0 Å². The van der Waals surface area contributed by atoms with Crippen LogP contribution in [0.2, 0.25) is 0 Å². The van der Waals surface area contributed by atoms with Crippen molar-refractivity contribution < 1.29 is 4.92 Å². The molecule has 1 aliphatic carbocycles. The molecule has 0 unspecified atom stereocenters. The number of allylic oxidation sites excluding steroid dienone is 2. The summed E-state index contributed by atoms with van der Waals surface area (Å²) in [7, 11) is 0. The molecule has 2 aliphatic rings. The number of nitrogens with zero attached hydrogens (tertiary/aromatic N) is 2. The molecule has 1 aromatic carbocycles. The molecule has 24 heavy (non-hydrogen) atoms. The van der Waals surface area contributed by atoms with Crippen LogP contribution in [-0.4, -0.2) is 9.91 Å². The van der Waals surface area contributed by atoms with Crippen molar-refractivity contribution in [2.45, 2.75) is 32.2 Å². The maximum atomic E-state index is 11.6. The van der Waals surface area contributed by atoms with Crippen LogP contribution in [0.5, 0.6) is 0 Å². The summed E-state index contributed by atoms with van der Waals surface area (Å²) in [5.41, 5.74) is 5.12. The first kappa shape index (κ1) is 14.9. The fourth-order valence-corrected chi connectivity index (χ4v) is 4.11. The molecule has 0 saturated carbocycles. The Labute approximate surface area is 140 Å². The van der Waals surface area contributed by atoms with Crippen LogP contribution < -0.4 is 5.32 Å². The average molecular weight is 321 g/mol. The Balaban J connectivity index is 1.92. The lowest BCUT2D eigenvalue weighted by molar-refractivity contribution is -0.384. The predicted molar refractivity (Wildman–Crippen MR) is 93.2 cm³/mol. The van der Waals surface area contributed by atoms with Gasteiger partial charge in [-0.05, 0) is 54.5 Å². The Morgan fingerprint density at radius 1 is 1.38 bits per heavy atom. The minimum Gasteiger partial charge on any atom is -0.372 e. The molecule has 0 spiro atoms. The van der Waals surface area contributed by atoms with Gasteiger partial charge in [-0.25, -0.2) is 0 Å². The van der Waals surface area contributed by atoms with E-state index in [2.05, 4.69) is 29.4 Å². The Bertz CT molecular complexity index is 845. The van der Waals surface area contributed by atoms with Gasteiger partial charge in [0.25, 0.3) is 5.69 Å². The van der Waals surface area contributed by atoms with Gasteiger partial charge >= 0.3 is 0 Å². The highest BCUT2D eigenvalue weighted by Crippen LogP contribution is 2.53. The minimum atomic E-state index is -0.280. The van der Waals surface area contributed by atoms with Crippen LogP contribution >= 0.6 is 0 Å². The summed E-state index contributed by atoms with van der Waals surface area (Å²) in [5.74, 6) is 0.576. The monoisotopic (exact) mass is 321 g/mol. The smallest absolute Gasteiger partial charge is 0.292 e. The van der Waals surface area contributed by atoms with E-state index in [0.29, 0.717) is 11.6 Å². The van der Waals surface area contributed by atoms with Gasteiger partial charge in [0, 0.05) is 24.4 Å². The zero-order valence-corrected chi connectivity index (χ0v) is 13.7. The first-order valence-corrected chi connectivity index (χ1v) is 8.19. The second-order valence-corrected chi connectivity index (χ2v) is 6.65. The molecule has 4 rings (SSSR count). The maximum absolute atomic E-state index is 11.6. The van der Waals surface area contributed by atoms with Crippen molar-refractivity contribution >= 4 is 11.4 Å². The lowest BCUT2D eigenvalue weighted by Gasteiger charge is -2.38. The lowest BCUT2D eigenvalue weighted by Crippen LogP contribution is -2.30. The fraction of sp³-hybridized carbons (Fsp3) is 0.316. The molecule has 1 aromatic heterocycles. The van der Waals surface area contributed by atoms with Crippen molar-refractivity contribution in [1.29, 1.82) is 0 Å². The third kappa shape index (κ3) is 2.12. The maximum Gasteiger partial charge on any atom is 0.292 e. The molecule has 0 radical (unpaired) electrons. The number of fused-ring (bicyclic) bond motifs is 3. The van der Waals surface area contributed by atoms with E-state index in [1.165, 1.54) is 0 Å². The van der Waals surface area contributed by atoms with Crippen molar-refractivity contribution in [2.24, 2.45) is 5.92 Å². The molecule has 5 heteroatoms. The molecule has 0 fully saturated rings. The van der Waals surface area contributed by atoms with Crippen LogP contribution in [0.3, 0.4) is 0 Å². The van der Waals surface area contributed by atoms with Crippen LogP contribution in [0.1, 0.15) is 40.6 Å². The number of anilines is 1. The molecular weight excluding hydrogens is 302 g/mol. The van der Waals surface area contributed by atoms with Crippen molar-refractivity contribution in [3.63, 3.8) is 0 Å². The highest BCUT2D eigenvalue weighted by atomic mass is 16.6. The summed E-state index contributed by atoms with van der Waals surface area (Å²) >= 11 is 0. The summed E-state index contributed by atoms with van der Waals surface area (Å²) in [6.07, 6.45) is 8.98. The van der Waals surface area contributed by atoms with Gasteiger partial charge in [0.1, 0.15) is 5.69 Å². The first-order chi connectivity index (χ1) is 11.6. The van der Waals surface area contributed by atoms with E-state index in [1.807, 2.05) is 25.3 Å². The van der Waals surface area contributed by atoms with Crippen molar-refractivity contribution in [3.05, 3.63) is 75.1 Å². The Morgan fingerprint density at radius 3 is 2.92 bits per heavy atom. The summed E-state index contributed by atoms with van der Waals surface area (Å²) in [6.45, 7) is 4.01. The molecule has 0 amide bonds.